The van der Waals surface area contributed by atoms with Crippen molar-refractivity contribution in [2.24, 2.45) is 0 Å². The van der Waals surface area contributed by atoms with E-state index in [4.69, 9.17) is 30.2 Å². The maximum Gasteiger partial charge on any atom is 0.194 e. The Labute approximate surface area is 128 Å². The van der Waals surface area contributed by atoms with Crippen molar-refractivity contribution in [3.63, 3.8) is 0 Å². The molecule has 1 aromatic carbocycles. The van der Waals surface area contributed by atoms with E-state index < -0.39 is 0 Å². The van der Waals surface area contributed by atoms with Crippen LogP contribution in [0.3, 0.4) is 0 Å². The SMILES string of the molecule is COc1cc(OC)c(-c2cnc(CCCCl)o2)cc1OC. The maximum absolute atomic E-state index is 5.74. The van der Waals surface area contributed by atoms with Gasteiger partial charge in [0.1, 0.15) is 5.75 Å². The van der Waals surface area contributed by atoms with Crippen LogP contribution in [0.5, 0.6) is 17.2 Å². The fourth-order valence-corrected chi connectivity index (χ4v) is 2.12. The van der Waals surface area contributed by atoms with Gasteiger partial charge in [-0.2, -0.15) is 0 Å². The van der Waals surface area contributed by atoms with Gasteiger partial charge in [-0.05, 0) is 12.5 Å². The van der Waals surface area contributed by atoms with Crippen LogP contribution in [0.15, 0.2) is 22.7 Å². The number of benzene rings is 1. The van der Waals surface area contributed by atoms with Crippen LogP contribution in [-0.4, -0.2) is 32.2 Å². The van der Waals surface area contributed by atoms with Crippen LogP contribution in [0.1, 0.15) is 12.3 Å². The third-order valence-corrected chi connectivity index (χ3v) is 3.32. The quantitative estimate of drug-likeness (QED) is 0.732. The van der Waals surface area contributed by atoms with Gasteiger partial charge in [-0.3, -0.25) is 0 Å². The highest BCUT2D eigenvalue weighted by molar-refractivity contribution is 6.17. The smallest absolute Gasteiger partial charge is 0.194 e. The predicted molar refractivity (Wildman–Crippen MR) is 80.6 cm³/mol. The summed E-state index contributed by atoms with van der Waals surface area (Å²) >= 11 is 5.68. The second-order valence-electron chi connectivity index (χ2n) is 4.32. The number of oxazole rings is 1. The Morgan fingerprint density at radius 3 is 2.33 bits per heavy atom. The van der Waals surface area contributed by atoms with Gasteiger partial charge in [0.25, 0.3) is 0 Å². The van der Waals surface area contributed by atoms with Gasteiger partial charge < -0.3 is 18.6 Å². The number of hydrogen-bond donors (Lipinski definition) is 0. The van der Waals surface area contributed by atoms with E-state index in [0.717, 1.165) is 12.0 Å². The molecule has 0 N–H and O–H groups in total. The summed E-state index contributed by atoms with van der Waals surface area (Å²) in [6.07, 6.45) is 3.21. The molecule has 0 atom stereocenters. The highest BCUT2D eigenvalue weighted by atomic mass is 35.5. The molecule has 1 aromatic heterocycles. The summed E-state index contributed by atoms with van der Waals surface area (Å²) in [5.41, 5.74) is 0.764. The molecule has 114 valence electrons. The average molecular weight is 312 g/mol. The van der Waals surface area contributed by atoms with E-state index in [1.54, 1.807) is 33.6 Å². The molecule has 0 aliphatic heterocycles. The van der Waals surface area contributed by atoms with Crippen LogP contribution < -0.4 is 14.2 Å². The van der Waals surface area contributed by atoms with Crippen molar-refractivity contribution in [2.45, 2.75) is 12.8 Å². The first-order chi connectivity index (χ1) is 10.2. The van der Waals surface area contributed by atoms with Crippen molar-refractivity contribution in [1.29, 1.82) is 0 Å². The zero-order valence-corrected chi connectivity index (χ0v) is 13.1. The number of alkyl halides is 1. The fourth-order valence-electron chi connectivity index (χ4n) is 1.99. The topological polar surface area (TPSA) is 53.7 Å². The number of methoxy groups -OCH3 is 3. The fraction of sp³-hybridized carbons (Fsp3) is 0.400. The monoisotopic (exact) mass is 311 g/mol. The molecule has 6 heteroatoms. The van der Waals surface area contributed by atoms with Crippen molar-refractivity contribution in [2.75, 3.05) is 27.2 Å². The molecule has 0 saturated heterocycles. The van der Waals surface area contributed by atoms with Gasteiger partial charge in [0, 0.05) is 18.4 Å². The Morgan fingerprint density at radius 2 is 1.71 bits per heavy atom. The standard InChI is InChI=1S/C15H18ClNO4/c1-18-11-8-13(20-3)12(19-2)7-10(11)14-9-17-15(21-14)5-4-6-16/h7-9H,4-6H2,1-3H3. The molecule has 5 nitrogen and oxygen atoms in total. The van der Waals surface area contributed by atoms with Crippen LogP contribution in [-0.2, 0) is 6.42 Å². The van der Waals surface area contributed by atoms with Gasteiger partial charge in [0.2, 0.25) is 0 Å². The highest BCUT2D eigenvalue weighted by Crippen LogP contribution is 2.40. The lowest BCUT2D eigenvalue weighted by atomic mass is 10.1. The summed E-state index contributed by atoms with van der Waals surface area (Å²) < 4.78 is 21.7. The zero-order chi connectivity index (χ0) is 15.2. The molecule has 0 bridgehead atoms. The van der Waals surface area contributed by atoms with Gasteiger partial charge in [-0.1, -0.05) is 0 Å². The molecular weight excluding hydrogens is 294 g/mol. The minimum absolute atomic E-state index is 0.581. The molecule has 21 heavy (non-hydrogen) atoms. The number of ether oxygens (including phenoxy) is 3. The van der Waals surface area contributed by atoms with Gasteiger partial charge in [0.15, 0.2) is 23.1 Å². The van der Waals surface area contributed by atoms with E-state index in [2.05, 4.69) is 4.98 Å². The number of halogens is 1. The molecular formula is C15H18ClNO4. The minimum atomic E-state index is 0.581. The predicted octanol–water partition coefficient (Wildman–Crippen LogP) is 3.54. The Kier molecular flexibility index (Phi) is 5.33. The van der Waals surface area contributed by atoms with E-state index >= 15 is 0 Å². The van der Waals surface area contributed by atoms with Crippen molar-refractivity contribution >= 4 is 11.6 Å². The van der Waals surface area contributed by atoms with Crippen LogP contribution in [0.4, 0.5) is 0 Å². The lowest BCUT2D eigenvalue weighted by Gasteiger charge is -2.12. The first-order valence-corrected chi connectivity index (χ1v) is 7.08. The Balaban J connectivity index is 2.39. The summed E-state index contributed by atoms with van der Waals surface area (Å²) in [6, 6.07) is 3.57. The number of rotatable bonds is 7. The molecule has 0 spiro atoms. The van der Waals surface area contributed by atoms with Gasteiger partial charge in [-0.25, -0.2) is 4.98 Å². The van der Waals surface area contributed by atoms with Crippen molar-refractivity contribution in [3.8, 4) is 28.6 Å². The number of aromatic nitrogens is 1. The van der Waals surface area contributed by atoms with Gasteiger partial charge in [0.05, 0.1) is 33.1 Å². The third kappa shape index (κ3) is 3.42. The maximum atomic E-state index is 5.74. The van der Waals surface area contributed by atoms with Gasteiger partial charge >= 0.3 is 0 Å². The van der Waals surface area contributed by atoms with Crippen LogP contribution in [0, 0.1) is 0 Å². The molecule has 0 fully saturated rings. The molecule has 0 amide bonds. The first-order valence-electron chi connectivity index (χ1n) is 6.54. The highest BCUT2D eigenvalue weighted by Gasteiger charge is 2.16. The Bertz CT molecular complexity index is 597. The molecule has 0 aliphatic rings. The second kappa shape index (κ2) is 7.22. The lowest BCUT2D eigenvalue weighted by Crippen LogP contribution is -1.94. The molecule has 0 unspecified atom stereocenters. The molecule has 0 radical (unpaired) electrons. The molecule has 1 heterocycles. The van der Waals surface area contributed by atoms with E-state index in [9.17, 15) is 0 Å². The van der Waals surface area contributed by atoms with E-state index in [0.29, 0.717) is 41.2 Å². The summed E-state index contributed by atoms with van der Waals surface area (Å²) in [5, 5.41) is 0. The van der Waals surface area contributed by atoms with E-state index in [-0.39, 0.29) is 0 Å². The lowest BCUT2D eigenvalue weighted by molar-refractivity contribution is 0.349. The van der Waals surface area contributed by atoms with Gasteiger partial charge in [-0.15, -0.1) is 11.6 Å². The number of aryl methyl sites for hydroxylation is 1. The third-order valence-electron chi connectivity index (χ3n) is 3.05. The second-order valence-corrected chi connectivity index (χ2v) is 4.70. The molecule has 0 aliphatic carbocycles. The van der Waals surface area contributed by atoms with Crippen molar-refractivity contribution in [3.05, 3.63) is 24.2 Å². The van der Waals surface area contributed by atoms with Crippen LogP contribution in [0.25, 0.3) is 11.3 Å². The molecule has 2 rings (SSSR count). The summed E-state index contributed by atoms with van der Waals surface area (Å²) in [7, 11) is 4.76. The minimum Gasteiger partial charge on any atom is -0.496 e. The Morgan fingerprint density at radius 1 is 1.05 bits per heavy atom. The largest absolute Gasteiger partial charge is 0.496 e. The number of nitrogens with zero attached hydrogens (tertiary/aromatic N) is 1. The first kappa shape index (κ1) is 15.5. The Hall–Kier alpha value is -1.88. The van der Waals surface area contributed by atoms with Crippen LogP contribution in [0.2, 0.25) is 0 Å². The van der Waals surface area contributed by atoms with Crippen molar-refractivity contribution in [1.82, 2.24) is 4.98 Å². The van der Waals surface area contributed by atoms with E-state index in [1.807, 2.05) is 6.07 Å². The van der Waals surface area contributed by atoms with Crippen LogP contribution >= 0.6 is 11.6 Å². The number of hydrogen-bond acceptors (Lipinski definition) is 5. The zero-order valence-electron chi connectivity index (χ0n) is 12.3. The normalized spacial score (nSPS) is 10.5. The summed E-state index contributed by atoms with van der Waals surface area (Å²) in [5.74, 6) is 3.69. The van der Waals surface area contributed by atoms with Crippen molar-refractivity contribution < 1.29 is 18.6 Å². The molecule has 2 aromatic rings. The van der Waals surface area contributed by atoms with E-state index in [1.165, 1.54) is 0 Å². The summed E-state index contributed by atoms with van der Waals surface area (Å²) in [4.78, 5) is 4.25. The summed E-state index contributed by atoms with van der Waals surface area (Å²) in [6.45, 7) is 0. The molecule has 0 saturated carbocycles. The average Bonchev–Trinajstić information content (AvgIpc) is 3.00.